The highest BCUT2D eigenvalue weighted by Crippen LogP contribution is 2.26. The van der Waals surface area contributed by atoms with Crippen molar-refractivity contribution in [3.8, 4) is 11.3 Å². The average Bonchev–Trinajstić information content (AvgIpc) is 2.71. The summed E-state index contributed by atoms with van der Waals surface area (Å²) in [7, 11) is 0. The number of hydrogen-bond donors (Lipinski definition) is 1. The molecule has 1 aromatic carbocycles. The molecule has 0 fully saturated rings. The highest BCUT2D eigenvalue weighted by atomic mass is 16.4. The Morgan fingerprint density at radius 3 is 2.44 bits per heavy atom. The lowest BCUT2D eigenvalue weighted by Gasteiger charge is -2.06. The van der Waals surface area contributed by atoms with Crippen molar-refractivity contribution in [2.45, 2.75) is 27.3 Å². The molecule has 0 saturated heterocycles. The van der Waals surface area contributed by atoms with Gasteiger partial charge in [-0.05, 0) is 43.5 Å². The molecular weight excluding hydrogens is 200 g/mol. The minimum absolute atomic E-state index is 0.337. The fourth-order valence-electron chi connectivity index (χ4n) is 1.76. The van der Waals surface area contributed by atoms with Gasteiger partial charge in [0.15, 0.2) is 5.76 Å². The number of oxazole rings is 1. The van der Waals surface area contributed by atoms with Crippen LogP contribution in [0.2, 0.25) is 0 Å². The second-order valence-electron chi connectivity index (χ2n) is 4.07. The minimum Gasteiger partial charge on any atom is -0.439 e. The Morgan fingerprint density at radius 1 is 1.12 bits per heavy atom. The molecule has 1 heterocycles. The third-order valence-electron chi connectivity index (χ3n) is 2.83. The zero-order chi connectivity index (χ0) is 11.7. The van der Waals surface area contributed by atoms with Gasteiger partial charge in [0.1, 0.15) is 0 Å². The van der Waals surface area contributed by atoms with Crippen LogP contribution in [0.4, 0.5) is 0 Å². The maximum atomic E-state index is 5.56. The number of rotatable bonds is 2. The highest BCUT2D eigenvalue weighted by Gasteiger charge is 2.09. The predicted molar refractivity (Wildman–Crippen MR) is 64.0 cm³/mol. The van der Waals surface area contributed by atoms with E-state index in [1.165, 1.54) is 16.7 Å². The lowest BCUT2D eigenvalue weighted by molar-refractivity contribution is 0.509. The molecule has 0 amide bonds. The fourth-order valence-corrected chi connectivity index (χ4v) is 1.76. The lowest BCUT2D eigenvalue weighted by Crippen LogP contribution is -1.94. The van der Waals surface area contributed by atoms with Gasteiger partial charge in [0.05, 0.1) is 12.7 Å². The van der Waals surface area contributed by atoms with E-state index in [4.69, 9.17) is 10.2 Å². The standard InChI is InChI=1S/C13H16N2O/c1-8-4-10(3)11(5-9(8)2)12-7-15-13(6-14)16-12/h4-5,7H,6,14H2,1-3H3. The Labute approximate surface area is 95.3 Å². The number of hydrogen-bond acceptors (Lipinski definition) is 3. The molecule has 3 heteroatoms. The van der Waals surface area contributed by atoms with Crippen molar-refractivity contribution in [2.24, 2.45) is 5.73 Å². The largest absolute Gasteiger partial charge is 0.439 e. The molecule has 0 aliphatic carbocycles. The van der Waals surface area contributed by atoms with E-state index in [9.17, 15) is 0 Å². The summed E-state index contributed by atoms with van der Waals surface area (Å²) in [5, 5.41) is 0. The summed E-state index contributed by atoms with van der Waals surface area (Å²) in [6.07, 6.45) is 1.74. The molecule has 0 spiro atoms. The molecule has 0 unspecified atom stereocenters. The SMILES string of the molecule is Cc1cc(C)c(-c2cnc(CN)o2)cc1C. The van der Waals surface area contributed by atoms with Gasteiger partial charge in [-0.1, -0.05) is 6.07 Å². The molecule has 0 aliphatic rings. The van der Waals surface area contributed by atoms with Crippen molar-refractivity contribution in [2.75, 3.05) is 0 Å². The number of aryl methyl sites for hydroxylation is 3. The van der Waals surface area contributed by atoms with E-state index in [1.54, 1.807) is 6.20 Å². The first kappa shape index (κ1) is 10.9. The average molecular weight is 216 g/mol. The van der Waals surface area contributed by atoms with Gasteiger partial charge in [0.25, 0.3) is 0 Å². The topological polar surface area (TPSA) is 52.0 Å². The first-order valence-corrected chi connectivity index (χ1v) is 5.35. The summed E-state index contributed by atoms with van der Waals surface area (Å²) < 4.78 is 5.56. The van der Waals surface area contributed by atoms with Crippen LogP contribution in [-0.4, -0.2) is 4.98 Å². The van der Waals surface area contributed by atoms with Crippen LogP contribution in [0.25, 0.3) is 11.3 Å². The maximum absolute atomic E-state index is 5.56. The Morgan fingerprint density at radius 2 is 1.81 bits per heavy atom. The number of benzene rings is 1. The van der Waals surface area contributed by atoms with E-state index in [1.807, 2.05) is 0 Å². The van der Waals surface area contributed by atoms with Crippen LogP contribution < -0.4 is 5.73 Å². The van der Waals surface area contributed by atoms with Gasteiger partial charge in [-0.2, -0.15) is 0 Å². The van der Waals surface area contributed by atoms with E-state index >= 15 is 0 Å². The Bertz CT molecular complexity index is 515. The van der Waals surface area contributed by atoms with Gasteiger partial charge >= 0.3 is 0 Å². The number of aromatic nitrogens is 1. The maximum Gasteiger partial charge on any atom is 0.208 e. The Balaban J connectivity index is 2.51. The zero-order valence-electron chi connectivity index (χ0n) is 9.87. The molecular formula is C13H16N2O. The summed E-state index contributed by atoms with van der Waals surface area (Å²) in [6.45, 7) is 6.62. The van der Waals surface area contributed by atoms with Crippen molar-refractivity contribution in [3.05, 3.63) is 40.9 Å². The van der Waals surface area contributed by atoms with E-state index in [2.05, 4.69) is 37.9 Å². The molecule has 0 aliphatic heterocycles. The summed E-state index contributed by atoms with van der Waals surface area (Å²) in [4.78, 5) is 4.11. The molecule has 2 aromatic rings. The molecule has 0 saturated carbocycles. The molecule has 0 bridgehead atoms. The van der Waals surface area contributed by atoms with Crippen molar-refractivity contribution < 1.29 is 4.42 Å². The molecule has 2 rings (SSSR count). The van der Waals surface area contributed by atoms with Gasteiger partial charge in [-0.25, -0.2) is 4.98 Å². The molecule has 84 valence electrons. The fraction of sp³-hybridized carbons (Fsp3) is 0.308. The van der Waals surface area contributed by atoms with Crippen molar-refractivity contribution in [3.63, 3.8) is 0 Å². The normalized spacial score (nSPS) is 10.8. The van der Waals surface area contributed by atoms with Crippen LogP contribution >= 0.6 is 0 Å². The monoisotopic (exact) mass is 216 g/mol. The molecule has 0 atom stereocenters. The van der Waals surface area contributed by atoms with Crippen LogP contribution in [0.5, 0.6) is 0 Å². The van der Waals surface area contributed by atoms with E-state index < -0.39 is 0 Å². The minimum atomic E-state index is 0.337. The molecule has 16 heavy (non-hydrogen) atoms. The smallest absolute Gasteiger partial charge is 0.208 e. The summed E-state index contributed by atoms with van der Waals surface area (Å²) in [5.74, 6) is 1.37. The Kier molecular flexibility index (Phi) is 2.79. The predicted octanol–water partition coefficient (Wildman–Crippen LogP) is 2.73. The quantitative estimate of drug-likeness (QED) is 0.839. The van der Waals surface area contributed by atoms with E-state index in [0.29, 0.717) is 12.4 Å². The van der Waals surface area contributed by atoms with E-state index in [0.717, 1.165) is 11.3 Å². The molecule has 1 aromatic heterocycles. The van der Waals surface area contributed by atoms with Gasteiger partial charge < -0.3 is 10.2 Å². The third kappa shape index (κ3) is 1.86. The van der Waals surface area contributed by atoms with Crippen molar-refractivity contribution >= 4 is 0 Å². The van der Waals surface area contributed by atoms with Crippen molar-refractivity contribution in [1.29, 1.82) is 0 Å². The van der Waals surface area contributed by atoms with Crippen molar-refractivity contribution in [1.82, 2.24) is 4.98 Å². The Hall–Kier alpha value is -1.61. The second-order valence-corrected chi connectivity index (χ2v) is 4.07. The van der Waals surface area contributed by atoms with Crippen LogP contribution in [0.15, 0.2) is 22.7 Å². The van der Waals surface area contributed by atoms with Crippen LogP contribution in [0, 0.1) is 20.8 Å². The summed E-state index contributed by atoms with van der Waals surface area (Å²) in [5.41, 5.74) is 10.3. The first-order valence-electron chi connectivity index (χ1n) is 5.35. The van der Waals surface area contributed by atoms with Gasteiger partial charge in [0, 0.05) is 5.56 Å². The summed E-state index contributed by atoms with van der Waals surface area (Å²) >= 11 is 0. The van der Waals surface area contributed by atoms with Crippen LogP contribution in [0.3, 0.4) is 0 Å². The molecule has 0 radical (unpaired) electrons. The highest BCUT2D eigenvalue weighted by molar-refractivity contribution is 5.63. The van der Waals surface area contributed by atoms with Gasteiger partial charge in [-0.15, -0.1) is 0 Å². The van der Waals surface area contributed by atoms with Gasteiger partial charge in [0.2, 0.25) is 5.89 Å². The van der Waals surface area contributed by atoms with Gasteiger partial charge in [-0.3, -0.25) is 0 Å². The summed E-state index contributed by atoms with van der Waals surface area (Å²) in [6, 6.07) is 4.29. The second kappa shape index (κ2) is 4.10. The zero-order valence-corrected chi connectivity index (χ0v) is 9.87. The third-order valence-corrected chi connectivity index (χ3v) is 2.83. The van der Waals surface area contributed by atoms with Crippen LogP contribution in [0.1, 0.15) is 22.6 Å². The lowest BCUT2D eigenvalue weighted by atomic mass is 10.00. The number of nitrogens with zero attached hydrogens (tertiary/aromatic N) is 1. The van der Waals surface area contributed by atoms with E-state index in [-0.39, 0.29) is 0 Å². The molecule has 3 nitrogen and oxygen atoms in total. The van der Waals surface area contributed by atoms with Crippen LogP contribution in [-0.2, 0) is 6.54 Å². The molecule has 2 N–H and O–H groups in total. The first-order chi connectivity index (χ1) is 7.61. The number of nitrogens with two attached hydrogens (primary N) is 1.